The molecule has 0 aliphatic rings. The molecular weight excluding hydrogens is 240 g/mol. The summed E-state index contributed by atoms with van der Waals surface area (Å²) < 4.78 is 5.29. The maximum atomic E-state index is 10.8. The molecule has 0 heterocycles. The van der Waals surface area contributed by atoms with Crippen LogP contribution < -0.4 is 10.1 Å². The highest BCUT2D eigenvalue weighted by atomic mass is 16.6. The van der Waals surface area contributed by atoms with E-state index in [0.29, 0.717) is 11.3 Å². The molecule has 0 aliphatic carbocycles. The highest BCUT2D eigenvalue weighted by molar-refractivity contribution is 5.73. The second kappa shape index (κ2) is 5.97. The molecule has 0 saturated carbocycles. The van der Waals surface area contributed by atoms with E-state index in [-0.39, 0.29) is 12.3 Å². The average Bonchev–Trinajstić information content (AvgIpc) is 2.31. The lowest BCUT2D eigenvalue weighted by molar-refractivity contribution is -0.384. The van der Waals surface area contributed by atoms with E-state index in [1.54, 1.807) is 13.0 Å². The lowest BCUT2D eigenvalue weighted by Gasteiger charge is -2.13. The molecule has 0 aliphatic heterocycles. The molecule has 1 aromatic carbocycles. The van der Waals surface area contributed by atoms with Crippen LogP contribution in [0.25, 0.3) is 0 Å². The highest BCUT2D eigenvalue weighted by Crippen LogP contribution is 2.24. The third-order valence-electron chi connectivity index (χ3n) is 2.43. The van der Waals surface area contributed by atoms with Crippen LogP contribution >= 0.6 is 0 Å². The van der Waals surface area contributed by atoms with Gasteiger partial charge in [0.2, 0.25) is 0 Å². The summed E-state index contributed by atoms with van der Waals surface area (Å²) >= 11 is 0. The van der Waals surface area contributed by atoms with E-state index in [4.69, 9.17) is 9.84 Å². The van der Waals surface area contributed by atoms with E-state index in [9.17, 15) is 14.9 Å². The van der Waals surface area contributed by atoms with Gasteiger partial charge in [-0.3, -0.25) is 14.9 Å². The highest BCUT2D eigenvalue weighted by Gasteiger charge is 2.17. The summed E-state index contributed by atoms with van der Waals surface area (Å²) in [5, 5.41) is 22.0. The molecule has 18 heavy (non-hydrogen) atoms. The van der Waals surface area contributed by atoms with Crippen LogP contribution in [0.4, 0.5) is 5.69 Å². The number of carboxylic acid groups (broad SMARTS) is 1. The minimum absolute atomic E-state index is 0.0908. The van der Waals surface area contributed by atoms with Crippen molar-refractivity contribution in [3.05, 3.63) is 33.9 Å². The first-order valence-electron chi connectivity index (χ1n) is 5.23. The Morgan fingerprint density at radius 3 is 2.78 bits per heavy atom. The van der Waals surface area contributed by atoms with E-state index >= 15 is 0 Å². The van der Waals surface area contributed by atoms with Crippen LogP contribution in [0.15, 0.2) is 18.2 Å². The molecule has 98 valence electrons. The van der Waals surface area contributed by atoms with E-state index in [1.165, 1.54) is 19.2 Å². The quantitative estimate of drug-likeness (QED) is 0.579. The fourth-order valence-corrected chi connectivity index (χ4v) is 1.31. The Hall–Kier alpha value is -2.15. The number of carbonyl (C=O) groups is 1. The van der Waals surface area contributed by atoms with Crippen LogP contribution in [0.3, 0.4) is 0 Å². The van der Waals surface area contributed by atoms with Gasteiger partial charge in [-0.15, -0.1) is 0 Å². The Morgan fingerprint density at radius 1 is 1.61 bits per heavy atom. The SMILES string of the molecule is CNC(COc1cc([N+](=O)[O-])ccc1C)C(=O)O. The van der Waals surface area contributed by atoms with Crippen molar-refractivity contribution < 1.29 is 19.6 Å². The third kappa shape index (κ3) is 3.42. The molecule has 1 atom stereocenters. The fraction of sp³-hybridized carbons (Fsp3) is 0.364. The van der Waals surface area contributed by atoms with Crippen LogP contribution in [-0.2, 0) is 4.79 Å². The lowest BCUT2D eigenvalue weighted by atomic mass is 10.2. The van der Waals surface area contributed by atoms with Gasteiger partial charge >= 0.3 is 5.97 Å². The van der Waals surface area contributed by atoms with E-state index < -0.39 is 16.9 Å². The summed E-state index contributed by atoms with van der Waals surface area (Å²) in [6.45, 7) is 1.63. The number of nitro benzene ring substituents is 1. The number of non-ortho nitro benzene ring substituents is 1. The molecule has 7 nitrogen and oxygen atoms in total. The predicted molar refractivity (Wildman–Crippen MR) is 63.8 cm³/mol. The van der Waals surface area contributed by atoms with E-state index in [2.05, 4.69) is 5.32 Å². The van der Waals surface area contributed by atoms with Crippen molar-refractivity contribution in [2.24, 2.45) is 0 Å². The van der Waals surface area contributed by atoms with Crippen LogP contribution in [0.5, 0.6) is 5.75 Å². The van der Waals surface area contributed by atoms with Crippen molar-refractivity contribution in [1.82, 2.24) is 5.32 Å². The van der Waals surface area contributed by atoms with Gasteiger partial charge in [0.05, 0.1) is 11.0 Å². The standard InChI is InChI=1S/C11H14N2O5/c1-7-3-4-8(13(16)17)5-10(7)18-6-9(12-2)11(14)15/h3-5,9,12H,6H2,1-2H3,(H,14,15). The zero-order valence-electron chi connectivity index (χ0n) is 10.0. The number of hydrogen-bond acceptors (Lipinski definition) is 5. The molecule has 1 aromatic rings. The first kappa shape index (κ1) is 13.9. The van der Waals surface area contributed by atoms with Gasteiger partial charge in [0.15, 0.2) is 0 Å². The molecular formula is C11H14N2O5. The van der Waals surface area contributed by atoms with E-state index in [0.717, 1.165) is 0 Å². The van der Waals surface area contributed by atoms with Crippen molar-refractivity contribution in [3.63, 3.8) is 0 Å². The van der Waals surface area contributed by atoms with Crippen LogP contribution in [-0.4, -0.2) is 35.7 Å². The second-order valence-electron chi connectivity index (χ2n) is 3.70. The summed E-state index contributed by atoms with van der Waals surface area (Å²) in [6.07, 6.45) is 0. The summed E-state index contributed by atoms with van der Waals surface area (Å²) in [6, 6.07) is 3.35. The van der Waals surface area contributed by atoms with Gasteiger partial charge in [-0.2, -0.15) is 0 Å². The van der Waals surface area contributed by atoms with Crippen molar-refractivity contribution >= 4 is 11.7 Å². The van der Waals surface area contributed by atoms with Crippen molar-refractivity contribution in [3.8, 4) is 5.75 Å². The first-order chi connectivity index (χ1) is 8.45. The average molecular weight is 254 g/mol. The molecule has 1 unspecified atom stereocenters. The minimum atomic E-state index is -1.04. The molecule has 0 amide bonds. The van der Waals surface area contributed by atoms with Gasteiger partial charge in [0.25, 0.3) is 5.69 Å². The molecule has 0 bridgehead atoms. The van der Waals surface area contributed by atoms with E-state index in [1.807, 2.05) is 0 Å². The number of aryl methyl sites for hydroxylation is 1. The summed E-state index contributed by atoms with van der Waals surface area (Å²) in [5.74, 6) is -0.730. The van der Waals surface area contributed by atoms with Crippen LogP contribution in [0, 0.1) is 17.0 Å². The molecule has 0 saturated heterocycles. The van der Waals surface area contributed by atoms with Crippen LogP contribution in [0.2, 0.25) is 0 Å². The Balaban J connectivity index is 2.80. The third-order valence-corrected chi connectivity index (χ3v) is 2.43. The number of rotatable bonds is 6. The molecule has 1 rings (SSSR count). The molecule has 0 spiro atoms. The van der Waals surface area contributed by atoms with Crippen LogP contribution in [0.1, 0.15) is 5.56 Å². The number of benzene rings is 1. The van der Waals surface area contributed by atoms with Crippen molar-refractivity contribution in [2.45, 2.75) is 13.0 Å². The monoisotopic (exact) mass is 254 g/mol. The zero-order valence-corrected chi connectivity index (χ0v) is 10.0. The Morgan fingerprint density at radius 2 is 2.28 bits per heavy atom. The van der Waals surface area contributed by atoms with Gasteiger partial charge in [0.1, 0.15) is 18.4 Å². The Kier molecular flexibility index (Phi) is 4.61. The van der Waals surface area contributed by atoms with Gasteiger partial charge in [0, 0.05) is 6.07 Å². The van der Waals surface area contributed by atoms with Crippen molar-refractivity contribution in [1.29, 1.82) is 0 Å². The Labute approximate surface area is 104 Å². The summed E-state index contributed by atoms with van der Waals surface area (Å²) in [5.41, 5.74) is 0.618. The summed E-state index contributed by atoms with van der Waals surface area (Å²) in [4.78, 5) is 20.8. The number of nitrogens with one attached hydrogen (secondary N) is 1. The van der Waals surface area contributed by atoms with Gasteiger partial charge in [-0.25, -0.2) is 0 Å². The molecule has 2 N–H and O–H groups in total. The number of nitrogens with zero attached hydrogens (tertiary/aromatic N) is 1. The number of ether oxygens (including phenoxy) is 1. The van der Waals surface area contributed by atoms with Gasteiger partial charge in [-0.05, 0) is 25.6 Å². The number of carboxylic acids is 1. The largest absolute Gasteiger partial charge is 0.491 e. The summed E-state index contributed by atoms with van der Waals surface area (Å²) in [7, 11) is 1.50. The lowest BCUT2D eigenvalue weighted by Crippen LogP contribution is -2.39. The predicted octanol–water partition coefficient (Wildman–Crippen LogP) is 0.955. The second-order valence-corrected chi connectivity index (χ2v) is 3.70. The minimum Gasteiger partial charge on any atom is -0.491 e. The molecule has 7 heteroatoms. The van der Waals surface area contributed by atoms with Gasteiger partial charge < -0.3 is 15.2 Å². The fourth-order valence-electron chi connectivity index (χ4n) is 1.31. The maximum Gasteiger partial charge on any atom is 0.324 e. The smallest absolute Gasteiger partial charge is 0.324 e. The first-order valence-corrected chi connectivity index (χ1v) is 5.23. The molecule has 0 fully saturated rings. The number of nitro groups is 1. The molecule has 0 aromatic heterocycles. The molecule has 0 radical (unpaired) electrons. The van der Waals surface area contributed by atoms with Gasteiger partial charge in [-0.1, -0.05) is 0 Å². The number of likely N-dealkylation sites (N-methyl/N-ethyl adjacent to an activating group) is 1. The normalized spacial score (nSPS) is 11.9. The number of aliphatic carboxylic acids is 1. The number of hydrogen-bond donors (Lipinski definition) is 2. The Bertz CT molecular complexity index is 461. The topological polar surface area (TPSA) is 102 Å². The maximum absolute atomic E-state index is 10.8. The van der Waals surface area contributed by atoms with Crippen molar-refractivity contribution in [2.75, 3.05) is 13.7 Å². The zero-order chi connectivity index (χ0) is 13.7.